The largest absolute Gasteiger partial charge is 0.455 e. The highest BCUT2D eigenvalue weighted by atomic mass is 35.5. The van der Waals surface area contributed by atoms with Crippen LogP contribution in [0.25, 0.3) is 0 Å². The summed E-state index contributed by atoms with van der Waals surface area (Å²) in [5, 5.41) is 6.19. The zero-order valence-electron chi connectivity index (χ0n) is 14.4. The lowest BCUT2D eigenvalue weighted by molar-refractivity contribution is 0.0388. The zero-order valence-corrected chi connectivity index (χ0v) is 15.2. The van der Waals surface area contributed by atoms with Gasteiger partial charge in [0.1, 0.15) is 5.75 Å². The van der Waals surface area contributed by atoms with Crippen LogP contribution in [0, 0.1) is 0 Å². The molecular weight excluding hydrogens is 354 g/mol. The normalized spacial score (nSPS) is 14.7. The summed E-state index contributed by atoms with van der Waals surface area (Å²) in [5.41, 5.74) is 0.519. The first-order chi connectivity index (χ1) is 12.7. The highest BCUT2D eigenvalue weighted by Crippen LogP contribution is 2.31. The van der Waals surface area contributed by atoms with E-state index in [9.17, 15) is 4.79 Å². The van der Waals surface area contributed by atoms with Gasteiger partial charge in [-0.1, -0.05) is 29.8 Å². The molecule has 138 valence electrons. The van der Waals surface area contributed by atoms with Gasteiger partial charge in [-0.25, -0.2) is 4.79 Å². The van der Waals surface area contributed by atoms with E-state index >= 15 is 0 Å². The molecule has 2 amide bonds. The number of para-hydroxylation sites is 1. The van der Waals surface area contributed by atoms with Crippen molar-refractivity contribution in [2.45, 2.75) is 0 Å². The molecule has 0 atom stereocenters. The predicted octanol–water partition coefficient (Wildman–Crippen LogP) is 3.59. The topological polar surface area (TPSA) is 62.8 Å². The van der Waals surface area contributed by atoms with Crippen LogP contribution < -0.4 is 15.4 Å². The van der Waals surface area contributed by atoms with Crippen LogP contribution in [0.15, 0.2) is 48.5 Å². The Kier molecular flexibility index (Phi) is 6.71. The molecule has 2 aromatic rings. The number of carbonyl (C=O) groups excluding carboxylic acids is 1. The van der Waals surface area contributed by atoms with Gasteiger partial charge >= 0.3 is 6.03 Å². The van der Waals surface area contributed by atoms with Crippen LogP contribution in [0.2, 0.25) is 5.02 Å². The van der Waals surface area contributed by atoms with Crippen molar-refractivity contribution >= 4 is 23.3 Å². The molecular formula is C19H22ClN3O3. The molecule has 1 aliphatic heterocycles. The zero-order chi connectivity index (χ0) is 18.2. The van der Waals surface area contributed by atoms with E-state index in [0.29, 0.717) is 28.8 Å². The van der Waals surface area contributed by atoms with Crippen LogP contribution in [-0.2, 0) is 4.74 Å². The molecule has 1 heterocycles. The van der Waals surface area contributed by atoms with Crippen molar-refractivity contribution in [3.63, 3.8) is 0 Å². The Labute approximate surface area is 158 Å². The molecule has 0 aromatic heterocycles. The third kappa shape index (κ3) is 5.62. The van der Waals surface area contributed by atoms with Crippen molar-refractivity contribution in [1.82, 2.24) is 10.2 Å². The molecule has 1 fully saturated rings. The third-order valence-corrected chi connectivity index (χ3v) is 4.21. The smallest absolute Gasteiger partial charge is 0.319 e. The van der Waals surface area contributed by atoms with E-state index in [4.69, 9.17) is 21.1 Å². The van der Waals surface area contributed by atoms with Gasteiger partial charge in [0.25, 0.3) is 0 Å². The number of hydrogen-bond acceptors (Lipinski definition) is 4. The number of hydrogen-bond donors (Lipinski definition) is 2. The second-order valence-corrected chi connectivity index (χ2v) is 6.33. The lowest BCUT2D eigenvalue weighted by atomic mass is 10.3. The monoisotopic (exact) mass is 375 g/mol. The standard InChI is InChI=1S/C19H22ClN3O3/c20-15-6-7-18(26-16-4-2-1-3-5-16)17(14-15)22-19(24)21-8-9-23-10-12-25-13-11-23/h1-7,14H,8-13H2,(H2,21,22,24). The number of urea groups is 1. The summed E-state index contributed by atoms with van der Waals surface area (Å²) < 4.78 is 11.2. The summed E-state index contributed by atoms with van der Waals surface area (Å²) >= 11 is 6.06. The number of anilines is 1. The van der Waals surface area contributed by atoms with Crippen molar-refractivity contribution in [3.8, 4) is 11.5 Å². The van der Waals surface area contributed by atoms with E-state index in [1.165, 1.54) is 0 Å². The van der Waals surface area contributed by atoms with Crippen molar-refractivity contribution in [2.24, 2.45) is 0 Å². The van der Waals surface area contributed by atoms with Gasteiger partial charge in [-0.3, -0.25) is 4.90 Å². The fourth-order valence-electron chi connectivity index (χ4n) is 2.62. The number of nitrogens with zero attached hydrogens (tertiary/aromatic N) is 1. The first-order valence-corrected chi connectivity index (χ1v) is 8.96. The summed E-state index contributed by atoms with van der Waals surface area (Å²) in [6.45, 7) is 4.63. The van der Waals surface area contributed by atoms with Crippen molar-refractivity contribution in [1.29, 1.82) is 0 Å². The maximum absolute atomic E-state index is 12.2. The molecule has 0 spiro atoms. The highest BCUT2D eigenvalue weighted by Gasteiger charge is 2.12. The SMILES string of the molecule is O=C(NCCN1CCOCC1)Nc1cc(Cl)ccc1Oc1ccccc1. The number of nitrogens with one attached hydrogen (secondary N) is 2. The van der Waals surface area contributed by atoms with Crippen molar-refractivity contribution < 1.29 is 14.3 Å². The van der Waals surface area contributed by atoms with Crippen LogP contribution in [-0.4, -0.2) is 50.3 Å². The number of morpholine rings is 1. The number of halogens is 1. The Morgan fingerprint density at radius 2 is 1.92 bits per heavy atom. The Balaban J connectivity index is 1.55. The molecule has 6 nitrogen and oxygen atoms in total. The van der Waals surface area contributed by atoms with E-state index in [2.05, 4.69) is 15.5 Å². The first-order valence-electron chi connectivity index (χ1n) is 8.58. The van der Waals surface area contributed by atoms with Gasteiger partial charge in [0.05, 0.1) is 18.9 Å². The van der Waals surface area contributed by atoms with Crippen LogP contribution in [0.5, 0.6) is 11.5 Å². The van der Waals surface area contributed by atoms with E-state index in [-0.39, 0.29) is 6.03 Å². The fraction of sp³-hybridized carbons (Fsp3) is 0.316. The van der Waals surface area contributed by atoms with E-state index in [1.807, 2.05) is 30.3 Å². The lowest BCUT2D eigenvalue weighted by Crippen LogP contribution is -2.42. The van der Waals surface area contributed by atoms with Gasteiger partial charge in [-0.05, 0) is 30.3 Å². The molecule has 0 aliphatic carbocycles. The summed E-state index contributed by atoms with van der Waals surface area (Å²) in [7, 11) is 0. The minimum Gasteiger partial charge on any atom is -0.455 e. The maximum atomic E-state index is 12.2. The van der Waals surface area contributed by atoms with Crippen molar-refractivity contribution in [2.75, 3.05) is 44.7 Å². The van der Waals surface area contributed by atoms with Crippen molar-refractivity contribution in [3.05, 3.63) is 53.6 Å². The molecule has 0 radical (unpaired) electrons. The second kappa shape index (κ2) is 9.43. The molecule has 1 aliphatic rings. The van der Waals surface area contributed by atoms with Gasteiger partial charge in [0, 0.05) is 31.2 Å². The predicted molar refractivity (Wildman–Crippen MR) is 102 cm³/mol. The molecule has 26 heavy (non-hydrogen) atoms. The van der Waals surface area contributed by atoms with Crippen LogP contribution in [0.1, 0.15) is 0 Å². The Hall–Kier alpha value is -2.28. The molecule has 0 saturated carbocycles. The minimum absolute atomic E-state index is 0.293. The second-order valence-electron chi connectivity index (χ2n) is 5.89. The first kappa shape index (κ1) is 18.5. The number of ether oxygens (including phenoxy) is 2. The van der Waals surface area contributed by atoms with Crippen LogP contribution in [0.3, 0.4) is 0 Å². The molecule has 0 unspecified atom stereocenters. The molecule has 2 aromatic carbocycles. The van der Waals surface area contributed by atoms with Crippen LogP contribution in [0.4, 0.5) is 10.5 Å². The lowest BCUT2D eigenvalue weighted by Gasteiger charge is -2.26. The number of benzene rings is 2. The van der Waals surface area contributed by atoms with Gasteiger partial charge in [-0.2, -0.15) is 0 Å². The van der Waals surface area contributed by atoms with E-state index in [0.717, 1.165) is 32.8 Å². The van der Waals surface area contributed by atoms with E-state index < -0.39 is 0 Å². The van der Waals surface area contributed by atoms with Gasteiger partial charge in [-0.15, -0.1) is 0 Å². The molecule has 7 heteroatoms. The Bertz CT molecular complexity index is 721. The average molecular weight is 376 g/mol. The molecule has 3 rings (SSSR count). The summed E-state index contributed by atoms with van der Waals surface area (Å²) in [5.74, 6) is 1.22. The highest BCUT2D eigenvalue weighted by molar-refractivity contribution is 6.31. The van der Waals surface area contributed by atoms with Crippen LogP contribution >= 0.6 is 11.6 Å². The van der Waals surface area contributed by atoms with E-state index in [1.54, 1.807) is 18.2 Å². The fourth-order valence-corrected chi connectivity index (χ4v) is 2.80. The summed E-state index contributed by atoms with van der Waals surface area (Å²) in [6.07, 6.45) is 0. The number of carbonyl (C=O) groups is 1. The minimum atomic E-state index is -0.293. The average Bonchev–Trinajstić information content (AvgIpc) is 2.66. The van der Waals surface area contributed by atoms with Gasteiger partial charge in [0.2, 0.25) is 0 Å². The molecule has 1 saturated heterocycles. The summed E-state index contributed by atoms with van der Waals surface area (Å²) in [4.78, 5) is 14.5. The number of rotatable bonds is 6. The Morgan fingerprint density at radius 3 is 2.69 bits per heavy atom. The Morgan fingerprint density at radius 1 is 1.15 bits per heavy atom. The quantitative estimate of drug-likeness (QED) is 0.810. The number of amides is 2. The third-order valence-electron chi connectivity index (χ3n) is 3.98. The maximum Gasteiger partial charge on any atom is 0.319 e. The van der Waals surface area contributed by atoms with Gasteiger partial charge < -0.3 is 20.1 Å². The molecule has 2 N–H and O–H groups in total. The van der Waals surface area contributed by atoms with Gasteiger partial charge in [0.15, 0.2) is 5.75 Å². The summed E-state index contributed by atoms with van der Waals surface area (Å²) in [6, 6.07) is 14.2. The molecule has 0 bridgehead atoms.